The molecule has 31 heavy (non-hydrogen) atoms. The van der Waals surface area contributed by atoms with Gasteiger partial charge in [-0.05, 0) is 43.4 Å². The van der Waals surface area contributed by atoms with Gasteiger partial charge in [-0.2, -0.15) is 0 Å². The molecule has 0 amide bonds. The molecule has 0 radical (unpaired) electrons. The van der Waals surface area contributed by atoms with Crippen LogP contribution in [-0.2, 0) is 6.54 Å². The van der Waals surface area contributed by atoms with Gasteiger partial charge in [0.1, 0.15) is 17.5 Å². The van der Waals surface area contributed by atoms with Gasteiger partial charge in [-0.25, -0.2) is 8.78 Å². The summed E-state index contributed by atoms with van der Waals surface area (Å²) < 4.78 is 28.5. The Bertz CT molecular complexity index is 1030. The van der Waals surface area contributed by atoms with Crippen molar-refractivity contribution in [3.05, 3.63) is 82.0 Å². The molecular formula is C24H27ClF2N4. The Kier molecular flexibility index (Phi) is 7.69. The number of nitrogens with two attached hydrogens (primary N) is 1. The van der Waals surface area contributed by atoms with Gasteiger partial charge >= 0.3 is 0 Å². The van der Waals surface area contributed by atoms with E-state index in [1.807, 2.05) is 31.2 Å². The van der Waals surface area contributed by atoms with Gasteiger partial charge < -0.3 is 16.4 Å². The van der Waals surface area contributed by atoms with E-state index in [4.69, 9.17) is 22.3 Å². The average Bonchev–Trinajstić information content (AvgIpc) is 3.16. The monoisotopic (exact) mass is 444 g/mol. The molecule has 2 aromatic rings. The number of rotatable bonds is 8. The second kappa shape index (κ2) is 10.4. The van der Waals surface area contributed by atoms with E-state index in [1.54, 1.807) is 0 Å². The van der Waals surface area contributed by atoms with Crippen LogP contribution in [0, 0.1) is 11.6 Å². The van der Waals surface area contributed by atoms with Crippen LogP contribution in [0.5, 0.6) is 0 Å². The molecule has 3 rings (SSSR count). The number of benzene rings is 2. The first kappa shape index (κ1) is 22.8. The van der Waals surface area contributed by atoms with E-state index in [2.05, 4.69) is 17.2 Å². The Morgan fingerprint density at radius 1 is 1.23 bits per heavy atom. The number of hydrogen-bond acceptors (Lipinski definition) is 3. The van der Waals surface area contributed by atoms with Crippen LogP contribution in [-0.4, -0.2) is 12.4 Å². The summed E-state index contributed by atoms with van der Waals surface area (Å²) in [7, 11) is 0. The molecule has 1 aliphatic rings. The number of halogens is 3. The molecule has 0 atom stereocenters. The van der Waals surface area contributed by atoms with E-state index in [9.17, 15) is 8.78 Å². The summed E-state index contributed by atoms with van der Waals surface area (Å²) >= 11 is 6.27. The van der Waals surface area contributed by atoms with E-state index >= 15 is 0 Å². The van der Waals surface area contributed by atoms with Gasteiger partial charge in [0.25, 0.3) is 0 Å². The molecule has 0 bridgehead atoms. The fraction of sp³-hybridized carbons (Fsp3) is 0.292. The Balaban J connectivity index is 1.93. The topological polar surface area (TPSA) is 62.4 Å². The fourth-order valence-electron chi connectivity index (χ4n) is 3.49. The minimum absolute atomic E-state index is 0.208. The van der Waals surface area contributed by atoms with Crippen LogP contribution >= 0.6 is 11.6 Å². The molecule has 0 aliphatic heterocycles. The normalized spacial score (nSPS) is 14.1. The summed E-state index contributed by atoms with van der Waals surface area (Å²) in [6.45, 7) is 6.89. The lowest BCUT2D eigenvalue weighted by atomic mass is 10.1. The predicted octanol–water partition coefficient (Wildman–Crippen LogP) is 6.00. The Morgan fingerprint density at radius 3 is 2.68 bits per heavy atom. The first-order valence-electron chi connectivity index (χ1n) is 10.4. The van der Waals surface area contributed by atoms with Crippen molar-refractivity contribution in [1.82, 2.24) is 5.32 Å². The van der Waals surface area contributed by atoms with Crippen molar-refractivity contribution in [3.8, 4) is 0 Å². The van der Waals surface area contributed by atoms with Crippen LogP contribution < -0.4 is 16.4 Å². The average molecular weight is 445 g/mol. The smallest absolute Gasteiger partial charge is 0.149 e. The molecule has 0 heterocycles. The number of hydrogen-bond donors (Lipinski definition) is 3. The van der Waals surface area contributed by atoms with Crippen LogP contribution in [0.25, 0.3) is 5.70 Å². The van der Waals surface area contributed by atoms with Gasteiger partial charge in [0.15, 0.2) is 0 Å². The second-order valence-corrected chi connectivity index (χ2v) is 7.86. The van der Waals surface area contributed by atoms with Gasteiger partial charge in [-0.3, -0.25) is 4.99 Å². The number of nitrogens with one attached hydrogen (secondary N) is 2. The molecule has 7 heteroatoms. The van der Waals surface area contributed by atoms with Crippen LogP contribution in [0.15, 0.2) is 59.2 Å². The van der Waals surface area contributed by atoms with Crippen molar-refractivity contribution in [2.45, 2.75) is 39.2 Å². The summed E-state index contributed by atoms with van der Waals surface area (Å²) in [4.78, 5) is 4.70. The highest BCUT2D eigenvalue weighted by atomic mass is 35.5. The van der Waals surface area contributed by atoms with Crippen LogP contribution in [0.3, 0.4) is 0 Å². The van der Waals surface area contributed by atoms with E-state index in [1.165, 1.54) is 6.07 Å². The number of anilines is 1. The maximum atomic E-state index is 14.5. The first-order valence-corrected chi connectivity index (χ1v) is 10.7. The molecule has 0 aromatic heterocycles. The fourth-order valence-corrected chi connectivity index (χ4v) is 3.69. The molecule has 1 aliphatic carbocycles. The molecule has 2 aromatic carbocycles. The molecule has 0 saturated carbocycles. The maximum Gasteiger partial charge on any atom is 0.149 e. The van der Waals surface area contributed by atoms with E-state index < -0.39 is 11.6 Å². The van der Waals surface area contributed by atoms with Gasteiger partial charge in [-0.1, -0.05) is 43.3 Å². The largest absolute Gasteiger partial charge is 0.402 e. The first-order chi connectivity index (χ1) is 14.9. The third-order valence-electron chi connectivity index (χ3n) is 5.11. The van der Waals surface area contributed by atoms with Crippen molar-refractivity contribution in [2.75, 3.05) is 11.9 Å². The molecule has 0 spiro atoms. The molecule has 164 valence electrons. The van der Waals surface area contributed by atoms with Gasteiger partial charge in [0.05, 0.1) is 12.2 Å². The second-order valence-electron chi connectivity index (χ2n) is 7.45. The van der Waals surface area contributed by atoms with Crippen molar-refractivity contribution >= 4 is 28.8 Å². The zero-order valence-electron chi connectivity index (χ0n) is 17.6. The van der Waals surface area contributed by atoms with Crippen LogP contribution in [0.1, 0.15) is 43.7 Å². The Hall–Kier alpha value is -2.86. The summed E-state index contributed by atoms with van der Waals surface area (Å²) in [5, 5.41) is 6.81. The molecule has 0 saturated heterocycles. The minimum atomic E-state index is -0.674. The molecular weight excluding hydrogens is 418 g/mol. The quantitative estimate of drug-likeness (QED) is 0.346. The lowest BCUT2D eigenvalue weighted by molar-refractivity contribution is 0.584. The highest BCUT2D eigenvalue weighted by Crippen LogP contribution is 2.29. The van der Waals surface area contributed by atoms with Crippen molar-refractivity contribution < 1.29 is 8.78 Å². The lowest BCUT2D eigenvalue weighted by Crippen LogP contribution is -2.25. The van der Waals surface area contributed by atoms with Gasteiger partial charge in [0, 0.05) is 40.2 Å². The third kappa shape index (κ3) is 5.64. The number of allylic oxidation sites excluding steroid dienone is 1. The summed E-state index contributed by atoms with van der Waals surface area (Å²) in [5.74, 6) is -0.793. The number of aliphatic imine (C=N–C) groups is 1. The summed E-state index contributed by atoms with van der Waals surface area (Å²) in [6, 6.07) is 9.58. The van der Waals surface area contributed by atoms with Crippen molar-refractivity contribution in [3.63, 3.8) is 0 Å². The predicted molar refractivity (Wildman–Crippen MR) is 125 cm³/mol. The van der Waals surface area contributed by atoms with Crippen molar-refractivity contribution in [2.24, 2.45) is 10.7 Å². The number of nitrogens with zero attached hydrogens (tertiary/aromatic N) is 1. The lowest BCUT2D eigenvalue weighted by Gasteiger charge is -2.18. The van der Waals surface area contributed by atoms with E-state index in [-0.39, 0.29) is 5.69 Å². The third-order valence-corrected chi connectivity index (χ3v) is 5.48. The Labute approximate surface area is 186 Å². The standard InChI is InChI=1S/C24H27ClF2N4/c1-3-11-29-23-19(12-17(26)13-21(23)27)15(2)31-24(18-8-6-10-22(18)28)30-14-16-7-4-5-9-20(16)25/h4-5,7,9,12-13,29H,2-3,6,8,10-11,14,28H2,1H3,(H,30,31). The highest BCUT2D eigenvalue weighted by Gasteiger charge is 2.20. The van der Waals surface area contributed by atoms with Crippen molar-refractivity contribution in [1.29, 1.82) is 0 Å². The van der Waals surface area contributed by atoms with Crippen LogP contribution in [0.2, 0.25) is 5.02 Å². The SMILES string of the molecule is C=C(NC(=NCc1ccccc1Cl)C1=C(N)CCC1)c1cc(F)cc(F)c1NCCC. The Morgan fingerprint density at radius 2 is 2.00 bits per heavy atom. The number of amidine groups is 1. The zero-order valence-corrected chi connectivity index (χ0v) is 18.3. The van der Waals surface area contributed by atoms with Gasteiger partial charge in [-0.15, -0.1) is 0 Å². The molecule has 0 fully saturated rings. The minimum Gasteiger partial charge on any atom is -0.402 e. The zero-order chi connectivity index (χ0) is 22.4. The van der Waals surface area contributed by atoms with E-state index in [0.717, 1.165) is 48.6 Å². The molecule has 4 N–H and O–H groups in total. The summed E-state index contributed by atoms with van der Waals surface area (Å²) in [6.07, 6.45) is 3.28. The molecule has 0 unspecified atom stereocenters. The maximum absolute atomic E-state index is 14.5. The highest BCUT2D eigenvalue weighted by molar-refractivity contribution is 6.31. The van der Waals surface area contributed by atoms with E-state index in [0.29, 0.717) is 35.2 Å². The van der Waals surface area contributed by atoms with Gasteiger partial charge in [0.2, 0.25) is 0 Å². The van der Waals surface area contributed by atoms with Crippen LogP contribution in [0.4, 0.5) is 14.5 Å². The summed E-state index contributed by atoms with van der Waals surface area (Å²) in [5.41, 5.74) is 9.59. The molecule has 4 nitrogen and oxygen atoms in total.